The Morgan fingerprint density at radius 1 is 1.50 bits per heavy atom. The number of likely N-dealkylation sites (N-methyl/N-ethyl adjacent to an activating group) is 1. The van der Waals surface area contributed by atoms with Crippen molar-refractivity contribution in [3.63, 3.8) is 0 Å². The molecule has 1 aromatic rings. The number of nitrogens with zero attached hydrogens (tertiary/aromatic N) is 2. The van der Waals surface area contributed by atoms with Gasteiger partial charge in [-0.05, 0) is 5.56 Å². The minimum absolute atomic E-state index is 0.0777. The van der Waals surface area contributed by atoms with Crippen LogP contribution in [-0.4, -0.2) is 29.8 Å². The maximum atomic E-state index is 11.4. The van der Waals surface area contributed by atoms with Gasteiger partial charge in [-0.2, -0.15) is 0 Å². The maximum absolute atomic E-state index is 11.4. The third-order valence-corrected chi connectivity index (χ3v) is 2.44. The highest BCUT2D eigenvalue weighted by Crippen LogP contribution is 2.22. The molecule has 0 aliphatic carbocycles. The van der Waals surface area contributed by atoms with Crippen LogP contribution in [0, 0.1) is 10.1 Å². The van der Waals surface area contributed by atoms with Gasteiger partial charge in [0.25, 0.3) is 5.69 Å². The number of rotatable bonds is 3. The molecule has 0 aliphatic rings. The van der Waals surface area contributed by atoms with E-state index in [-0.39, 0.29) is 23.0 Å². The van der Waals surface area contributed by atoms with E-state index < -0.39 is 4.92 Å². The van der Waals surface area contributed by atoms with Crippen LogP contribution >= 0.6 is 11.6 Å². The highest BCUT2D eigenvalue weighted by Gasteiger charge is 2.12. The van der Waals surface area contributed by atoms with Crippen LogP contribution in [0.2, 0.25) is 5.02 Å². The Hall–Kier alpha value is -1.62. The summed E-state index contributed by atoms with van der Waals surface area (Å²) in [5.74, 6) is -0.101. The van der Waals surface area contributed by atoms with E-state index in [1.54, 1.807) is 14.1 Å². The maximum Gasteiger partial charge on any atom is 0.270 e. The molecule has 0 fully saturated rings. The van der Waals surface area contributed by atoms with E-state index in [0.29, 0.717) is 5.56 Å². The first-order valence-electron chi connectivity index (χ1n) is 4.55. The lowest BCUT2D eigenvalue weighted by Gasteiger charge is -2.10. The SMILES string of the molecule is CN(C)C(=O)Cc1ccc([N+](=O)[O-])cc1Cl. The van der Waals surface area contributed by atoms with Crippen molar-refractivity contribution >= 4 is 23.2 Å². The summed E-state index contributed by atoms with van der Waals surface area (Å²) >= 11 is 5.85. The van der Waals surface area contributed by atoms with Crippen LogP contribution in [0.3, 0.4) is 0 Å². The van der Waals surface area contributed by atoms with Crippen molar-refractivity contribution in [3.05, 3.63) is 38.9 Å². The van der Waals surface area contributed by atoms with Gasteiger partial charge < -0.3 is 4.90 Å². The second-order valence-corrected chi connectivity index (χ2v) is 3.90. The summed E-state index contributed by atoms with van der Waals surface area (Å²) in [6, 6.07) is 4.09. The van der Waals surface area contributed by atoms with E-state index in [9.17, 15) is 14.9 Å². The predicted molar refractivity (Wildman–Crippen MR) is 60.5 cm³/mol. The van der Waals surface area contributed by atoms with Crippen LogP contribution in [0.5, 0.6) is 0 Å². The average molecular weight is 243 g/mol. The minimum Gasteiger partial charge on any atom is -0.349 e. The predicted octanol–water partition coefficient (Wildman–Crippen LogP) is 1.88. The van der Waals surface area contributed by atoms with E-state index in [2.05, 4.69) is 0 Å². The minimum atomic E-state index is -0.524. The van der Waals surface area contributed by atoms with Gasteiger partial charge in [-0.3, -0.25) is 14.9 Å². The van der Waals surface area contributed by atoms with Crippen molar-refractivity contribution in [2.75, 3.05) is 14.1 Å². The summed E-state index contributed by atoms with van der Waals surface area (Å²) in [6.45, 7) is 0. The molecule has 0 unspecified atom stereocenters. The molecule has 0 radical (unpaired) electrons. The number of hydrogen-bond acceptors (Lipinski definition) is 3. The van der Waals surface area contributed by atoms with Crippen molar-refractivity contribution in [2.45, 2.75) is 6.42 Å². The lowest BCUT2D eigenvalue weighted by atomic mass is 10.1. The highest BCUT2D eigenvalue weighted by atomic mass is 35.5. The van der Waals surface area contributed by atoms with Crippen LogP contribution in [0.25, 0.3) is 0 Å². The van der Waals surface area contributed by atoms with Gasteiger partial charge in [0.1, 0.15) is 0 Å². The zero-order valence-corrected chi connectivity index (χ0v) is 9.69. The zero-order valence-electron chi connectivity index (χ0n) is 8.94. The van der Waals surface area contributed by atoms with E-state index >= 15 is 0 Å². The summed E-state index contributed by atoms with van der Waals surface area (Å²) < 4.78 is 0. The molecule has 0 saturated carbocycles. The van der Waals surface area contributed by atoms with Gasteiger partial charge in [-0.1, -0.05) is 17.7 Å². The molecule has 1 aromatic carbocycles. The molecule has 0 atom stereocenters. The van der Waals surface area contributed by atoms with Crippen molar-refractivity contribution in [3.8, 4) is 0 Å². The Balaban J connectivity index is 2.91. The number of amides is 1. The Morgan fingerprint density at radius 3 is 2.56 bits per heavy atom. The molecule has 0 aliphatic heterocycles. The molecule has 16 heavy (non-hydrogen) atoms. The molecule has 86 valence electrons. The van der Waals surface area contributed by atoms with E-state index in [1.807, 2.05) is 0 Å². The monoisotopic (exact) mass is 242 g/mol. The second kappa shape index (κ2) is 4.94. The molecule has 0 N–H and O–H groups in total. The number of carbonyl (C=O) groups is 1. The van der Waals surface area contributed by atoms with Gasteiger partial charge in [0.15, 0.2) is 0 Å². The van der Waals surface area contributed by atoms with Gasteiger partial charge in [0.2, 0.25) is 5.91 Å². The molecule has 0 aromatic heterocycles. The third kappa shape index (κ3) is 2.93. The molecule has 0 heterocycles. The summed E-state index contributed by atoms with van der Waals surface area (Å²) in [4.78, 5) is 22.8. The first kappa shape index (κ1) is 12.4. The number of hydrogen-bond donors (Lipinski definition) is 0. The fourth-order valence-corrected chi connectivity index (χ4v) is 1.36. The number of halogens is 1. The fourth-order valence-electron chi connectivity index (χ4n) is 1.11. The standard InChI is InChI=1S/C10H11ClN2O3/c1-12(2)10(14)5-7-3-4-8(13(15)16)6-9(7)11/h3-4,6H,5H2,1-2H3. The largest absolute Gasteiger partial charge is 0.349 e. The lowest BCUT2D eigenvalue weighted by Crippen LogP contribution is -2.23. The van der Waals surface area contributed by atoms with Crippen LogP contribution in [0.15, 0.2) is 18.2 Å². The first-order chi connectivity index (χ1) is 7.41. The molecule has 0 spiro atoms. The third-order valence-electron chi connectivity index (χ3n) is 2.09. The Kier molecular flexibility index (Phi) is 3.84. The number of nitro groups is 1. The molecule has 6 heteroatoms. The molecular formula is C10H11ClN2O3. The second-order valence-electron chi connectivity index (χ2n) is 3.50. The molecule has 5 nitrogen and oxygen atoms in total. The van der Waals surface area contributed by atoms with Gasteiger partial charge in [-0.15, -0.1) is 0 Å². The molecule has 0 saturated heterocycles. The van der Waals surface area contributed by atoms with E-state index in [4.69, 9.17) is 11.6 Å². The van der Waals surface area contributed by atoms with Crippen LogP contribution in [-0.2, 0) is 11.2 Å². The summed E-state index contributed by atoms with van der Waals surface area (Å²) in [7, 11) is 3.28. The molecule has 0 bridgehead atoms. The fraction of sp³-hybridized carbons (Fsp3) is 0.300. The van der Waals surface area contributed by atoms with E-state index in [1.165, 1.54) is 23.1 Å². The Bertz CT molecular complexity index is 432. The summed E-state index contributed by atoms with van der Waals surface area (Å²) in [5, 5.41) is 10.7. The van der Waals surface area contributed by atoms with Crippen molar-refractivity contribution in [1.29, 1.82) is 0 Å². The van der Waals surface area contributed by atoms with Gasteiger partial charge in [-0.25, -0.2) is 0 Å². The summed E-state index contributed by atoms with van der Waals surface area (Å²) in [5.41, 5.74) is 0.511. The van der Waals surface area contributed by atoms with Crippen LogP contribution < -0.4 is 0 Å². The molecular weight excluding hydrogens is 232 g/mol. The van der Waals surface area contributed by atoms with Gasteiger partial charge in [0.05, 0.1) is 16.4 Å². The number of benzene rings is 1. The van der Waals surface area contributed by atoms with Gasteiger partial charge in [0, 0.05) is 26.2 Å². The highest BCUT2D eigenvalue weighted by molar-refractivity contribution is 6.31. The van der Waals surface area contributed by atoms with Crippen molar-refractivity contribution < 1.29 is 9.72 Å². The number of nitro benzene ring substituents is 1. The summed E-state index contributed by atoms with van der Waals surface area (Å²) in [6.07, 6.45) is 0.143. The lowest BCUT2D eigenvalue weighted by molar-refractivity contribution is -0.384. The Labute approximate surface area is 97.8 Å². The van der Waals surface area contributed by atoms with Crippen molar-refractivity contribution in [2.24, 2.45) is 0 Å². The zero-order chi connectivity index (χ0) is 12.3. The smallest absolute Gasteiger partial charge is 0.270 e. The number of non-ortho nitro benzene ring substituents is 1. The van der Waals surface area contributed by atoms with E-state index in [0.717, 1.165) is 0 Å². The Morgan fingerprint density at radius 2 is 2.12 bits per heavy atom. The van der Waals surface area contributed by atoms with Gasteiger partial charge >= 0.3 is 0 Å². The molecule has 1 amide bonds. The number of carbonyl (C=O) groups excluding carboxylic acids is 1. The average Bonchev–Trinajstić information content (AvgIpc) is 2.20. The quantitative estimate of drug-likeness (QED) is 0.601. The van der Waals surface area contributed by atoms with Crippen molar-refractivity contribution in [1.82, 2.24) is 4.90 Å². The van der Waals surface area contributed by atoms with Crippen LogP contribution in [0.4, 0.5) is 5.69 Å². The topological polar surface area (TPSA) is 63.5 Å². The molecule has 1 rings (SSSR count). The van der Waals surface area contributed by atoms with Crippen LogP contribution in [0.1, 0.15) is 5.56 Å². The normalized spacial score (nSPS) is 9.94. The first-order valence-corrected chi connectivity index (χ1v) is 4.92.